The molecule has 5 aromatic rings. The van der Waals surface area contributed by atoms with Crippen molar-refractivity contribution in [2.75, 3.05) is 39.2 Å². The normalized spacial score (nSPS) is 11.5. The Hall–Kier alpha value is -3.97. The van der Waals surface area contributed by atoms with Crippen LogP contribution in [0.4, 0.5) is 5.95 Å². The van der Waals surface area contributed by atoms with E-state index in [-0.39, 0.29) is 0 Å². The van der Waals surface area contributed by atoms with Gasteiger partial charge in [-0.1, -0.05) is 54.1 Å². The highest BCUT2D eigenvalue weighted by Crippen LogP contribution is 2.33. The van der Waals surface area contributed by atoms with Crippen LogP contribution < -0.4 is 9.64 Å². The SMILES string of the molecule is COc1ccccc1-c1nnc2c3cc(C)ccc3nc(N(CCN(C)C)Cc3ccccc3)n12. The van der Waals surface area contributed by atoms with Crippen LogP contribution in [0.5, 0.6) is 5.75 Å². The van der Waals surface area contributed by atoms with Crippen molar-refractivity contribution in [3.63, 3.8) is 0 Å². The fourth-order valence-corrected chi connectivity index (χ4v) is 4.32. The molecule has 7 nitrogen and oxygen atoms in total. The molecule has 0 radical (unpaired) electrons. The van der Waals surface area contributed by atoms with E-state index in [4.69, 9.17) is 9.72 Å². The van der Waals surface area contributed by atoms with Gasteiger partial charge in [-0.05, 0) is 50.8 Å². The number of hydrogen-bond acceptors (Lipinski definition) is 6. The maximum Gasteiger partial charge on any atom is 0.214 e. The monoisotopic (exact) mass is 466 g/mol. The van der Waals surface area contributed by atoms with Crippen LogP contribution in [0, 0.1) is 6.92 Å². The van der Waals surface area contributed by atoms with E-state index in [0.717, 1.165) is 59.0 Å². The lowest BCUT2D eigenvalue weighted by Gasteiger charge is -2.27. The Morgan fingerprint density at radius 2 is 1.66 bits per heavy atom. The van der Waals surface area contributed by atoms with Gasteiger partial charge in [-0.3, -0.25) is 0 Å². The molecule has 0 fully saturated rings. The van der Waals surface area contributed by atoms with Crippen LogP contribution in [0.2, 0.25) is 0 Å². The molecule has 0 saturated heterocycles. The first-order valence-corrected chi connectivity index (χ1v) is 11.8. The van der Waals surface area contributed by atoms with Crippen LogP contribution in [-0.2, 0) is 6.54 Å². The molecule has 0 bridgehead atoms. The van der Waals surface area contributed by atoms with E-state index in [9.17, 15) is 0 Å². The molecular weight excluding hydrogens is 436 g/mol. The summed E-state index contributed by atoms with van der Waals surface area (Å²) in [4.78, 5) is 9.68. The summed E-state index contributed by atoms with van der Waals surface area (Å²) < 4.78 is 7.76. The van der Waals surface area contributed by atoms with E-state index in [2.05, 4.69) is 87.9 Å². The summed E-state index contributed by atoms with van der Waals surface area (Å²) in [6.45, 7) is 4.48. The molecule has 5 rings (SSSR count). The molecule has 0 spiro atoms. The zero-order valence-electron chi connectivity index (χ0n) is 20.6. The summed E-state index contributed by atoms with van der Waals surface area (Å²) in [6.07, 6.45) is 0. The lowest BCUT2D eigenvalue weighted by molar-refractivity contribution is 0.411. The fourth-order valence-electron chi connectivity index (χ4n) is 4.32. The third kappa shape index (κ3) is 4.55. The van der Waals surface area contributed by atoms with Gasteiger partial charge in [-0.15, -0.1) is 10.2 Å². The predicted molar refractivity (Wildman–Crippen MR) is 141 cm³/mol. The molecule has 0 saturated carbocycles. The van der Waals surface area contributed by atoms with Gasteiger partial charge in [0.1, 0.15) is 5.75 Å². The summed E-state index contributed by atoms with van der Waals surface area (Å²) in [7, 11) is 5.86. The van der Waals surface area contributed by atoms with Gasteiger partial charge in [0.15, 0.2) is 11.5 Å². The highest BCUT2D eigenvalue weighted by molar-refractivity contribution is 5.94. The minimum atomic E-state index is 0.714. The number of anilines is 1. The lowest BCUT2D eigenvalue weighted by Crippen LogP contribution is -2.33. The summed E-state index contributed by atoms with van der Waals surface area (Å²) in [5.41, 5.74) is 4.95. The summed E-state index contributed by atoms with van der Waals surface area (Å²) in [6, 6.07) is 24.7. The highest BCUT2D eigenvalue weighted by atomic mass is 16.5. The fraction of sp³-hybridized carbons (Fsp3) is 0.250. The zero-order valence-corrected chi connectivity index (χ0v) is 20.6. The van der Waals surface area contributed by atoms with E-state index in [1.807, 2.05) is 30.3 Å². The van der Waals surface area contributed by atoms with Crippen molar-refractivity contribution in [3.05, 3.63) is 83.9 Å². The van der Waals surface area contributed by atoms with Crippen LogP contribution >= 0.6 is 0 Å². The second kappa shape index (κ2) is 9.72. The molecule has 0 amide bonds. The Labute approximate surface area is 205 Å². The number of hydrogen-bond donors (Lipinski definition) is 0. The number of aryl methyl sites for hydroxylation is 1. The topological polar surface area (TPSA) is 58.8 Å². The van der Waals surface area contributed by atoms with Gasteiger partial charge < -0.3 is 14.5 Å². The van der Waals surface area contributed by atoms with Crippen LogP contribution in [-0.4, -0.2) is 58.8 Å². The van der Waals surface area contributed by atoms with Crippen molar-refractivity contribution in [2.24, 2.45) is 0 Å². The second-order valence-electron chi connectivity index (χ2n) is 9.03. The summed E-state index contributed by atoms with van der Waals surface area (Å²) >= 11 is 0. The Kier molecular flexibility index (Phi) is 6.33. The number of rotatable bonds is 8. The van der Waals surface area contributed by atoms with Crippen LogP contribution in [0.25, 0.3) is 27.9 Å². The number of aromatic nitrogens is 4. The van der Waals surface area contributed by atoms with Crippen LogP contribution in [0.15, 0.2) is 72.8 Å². The van der Waals surface area contributed by atoms with E-state index in [0.29, 0.717) is 5.82 Å². The lowest BCUT2D eigenvalue weighted by atomic mass is 10.1. The first kappa shape index (κ1) is 22.8. The average Bonchev–Trinajstić information content (AvgIpc) is 3.32. The van der Waals surface area contributed by atoms with Crippen molar-refractivity contribution in [3.8, 4) is 17.1 Å². The third-order valence-corrected chi connectivity index (χ3v) is 6.14. The average molecular weight is 467 g/mol. The molecule has 7 heteroatoms. The molecule has 0 N–H and O–H groups in total. The molecule has 0 atom stereocenters. The van der Waals surface area contributed by atoms with Crippen molar-refractivity contribution in [1.82, 2.24) is 24.5 Å². The number of methoxy groups -OCH3 is 1. The van der Waals surface area contributed by atoms with E-state index >= 15 is 0 Å². The molecular formula is C28H30N6O. The number of para-hydroxylation sites is 1. The second-order valence-corrected chi connectivity index (χ2v) is 9.03. The van der Waals surface area contributed by atoms with Gasteiger partial charge in [-0.25, -0.2) is 9.38 Å². The van der Waals surface area contributed by atoms with Gasteiger partial charge in [0.2, 0.25) is 5.95 Å². The molecule has 2 aromatic heterocycles. The van der Waals surface area contributed by atoms with Gasteiger partial charge in [0.25, 0.3) is 0 Å². The van der Waals surface area contributed by atoms with E-state index in [1.165, 1.54) is 5.56 Å². The Morgan fingerprint density at radius 1 is 0.886 bits per heavy atom. The molecule has 35 heavy (non-hydrogen) atoms. The first-order valence-electron chi connectivity index (χ1n) is 11.8. The number of nitrogens with zero attached hydrogens (tertiary/aromatic N) is 6. The third-order valence-electron chi connectivity index (χ3n) is 6.14. The maximum absolute atomic E-state index is 5.68. The molecule has 0 aliphatic rings. The Morgan fingerprint density at radius 3 is 2.43 bits per heavy atom. The number of fused-ring (bicyclic) bond motifs is 3. The predicted octanol–water partition coefficient (Wildman–Crippen LogP) is 4.83. The molecule has 178 valence electrons. The molecule has 0 unspecified atom stereocenters. The van der Waals surface area contributed by atoms with Gasteiger partial charge >= 0.3 is 0 Å². The van der Waals surface area contributed by atoms with E-state index < -0.39 is 0 Å². The maximum atomic E-state index is 5.68. The largest absolute Gasteiger partial charge is 0.496 e. The van der Waals surface area contributed by atoms with Gasteiger partial charge in [0, 0.05) is 25.0 Å². The summed E-state index contributed by atoms with van der Waals surface area (Å²) in [5, 5.41) is 10.3. The molecule has 3 aromatic carbocycles. The molecule has 0 aliphatic carbocycles. The number of benzene rings is 3. The minimum absolute atomic E-state index is 0.714. The first-order chi connectivity index (χ1) is 17.0. The van der Waals surface area contributed by atoms with Crippen LogP contribution in [0.1, 0.15) is 11.1 Å². The minimum Gasteiger partial charge on any atom is -0.496 e. The van der Waals surface area contributed by atoms with Crippen molar-refractivity contribution in [2.45, 2.75) is 13.5 Å². The highest BCUT2D eigenvalue weighted by Gasteiger charge is 2.22. The molecule has 2 heterocycles. The van der Waals surface area contributed by atoms with Crippen molar-refractivity contribution >= 4 is 22.5 Å². The van der Waals surface area contributed by atoms with E-state index in [1.54, 1.807) is 7.11 Å². The zero-order chi connectivity index (χ0) is 24.4. The van der Waals surface area contributed by atoms with Crippen molar-refractivity contribution in [1.29, 1.82) is 0 Å². The quantitative estimate of drug-likeness (QED) is 0.327. The number of likely N-dealkylation sites (N-methyl/N-ethyl adjacent to an activating group) is 1. The Bertz CT molecular complexity index is 1460. The molecule has 0 aliphatic heterocycles. The van der Waals surface area contributed by atoms with Gasteiger partial charge in [0.05, 0.1) is 18.2 Å². The Balaban J connectivity index is 1.78. The van der Waals surface area contributed by atoms with Crippen molar-refractivity contribution < 1.29 is 4.74 Å². The standard InChI is InChI=1S/C28H30N6O/c1-20-14-15-24-23(18-20)27-31-30-26(22-12-8-9-13-25(22)35-4)34(27)28(29-24)33(17-16-32(2)3)19-21-10-6-5-7-11-21/h5-15,18H,16-17,19H2,1-4H3. The van der Waals surface area contributed by atoms with Gasteiger partial charge in [-0.2, -0.15) is 0 Å². The smallest absolute Gasteiger partial charge is 0.214 e. The van der Waals surface area contributed by atoms with Crippen LogP contribution in [0.3, 0.4) is 0 Å². The number of ether oxygens (including phenoxy) is 1. The summed E-state index contributed by atoms with van der Waals surface area (Å²) in [5.74, 6) is 2.28.